The van der Waals surface area contributed by atoms with Crippen LogP contribution in [0.2, 0.25) is 0 Å². The van der Waals surface area contributed by atoms with Gasteiger partial charge in [-0.3, -0.25) is 0 Å². The maximum atomic E-state index is 5.38. The number of piperidine rings is 1. The molecule has 0 atom stereocenters. The van der Waals surface area contributed by atoms with Crippen LogP contribution < -0.4 is 0 Å². The van der Waals surface area contributed by atoms with Crippen molar-refractivity contribution in [2.45, 2.75) is 31.8 Å². The van der Waals surface area contributed by atoms with Crippen LogP contribution >= 0.6 is 0 Å². The third-order valence-electron chi connectivity index (χ3n) is 3.83. The van der Waals surface area contributed by atoms with Crippen molar-refractivity contribution in [1.82, 2.24) is 4.90 Å². The standard InChI is InChI=1S/C12H23NO2/c1-14-10-12(5-6-12)9-13-7-3-11(15-2)4-8-13/h11H,3-10H2,1-2H3. The smallest absolute Gasteiger partial charge is 0.0595 e. The van der Waals surface area contributed by atoms with Gasteiger partial charge in [0.25, 0.3) is 0 Å². The van der Waals surface area contributed by atoms with E-state index in [1.807, 2.05) is 14.2 Å². The highest BCUT2D eigenvalue weighted by molar-refractivity contribution is 4.96. The molecule has 0 amide bonds. The maximum absolute atomic E-state index is 5.38. The molecular formula is C12H23NO2. The second-order valence-electron chi connectivity index (χ2n) is 5.14. The number of likely N-dealkylation sites (tertiary alicyclic amines) is 1. The molecule has 1 aliphatic carbocycles. The summed E-state index contributed by atoms with van der Waals surface area (Å²) in [7, 11) is 3.64. The van der Waals surface area contributed by atoms with E-state index in [0.717, 1.165) is 6.61 Å². The average Bonchev–Trinajstić information content (AvgIpc) is 3.00. The van der Waals surface area contributed by atoms with Gasteiger partial charge in [0, 0.05) is 39.3 Å². The molecule has 1 saturated carbocycles. The zero-order chi connectivity index (χ0) is 10.7. The van der Waals surface area contributed by atoms with E-state index < -0.39 is 0 Å². The lowest BCUT2D eigenvalue weighted by Gasteiger charge is -2.33. The van der Waals surface area contributed by atoms with E-state index in [9.17, 15) is 0 Å². The van der Waals surface area contributed by atoms with Gasteiger partial charge in [0.05, 0.1) is 12.7 Å². The molecule has 1 heterocycles. The Morgan fingerprint density at radius 2 is 1.87 bits per heavy atom. The minimum absolute atomic E-state index is 0.499. The van der Waals surface area contributed by atoms with Crippen LogP contribution in [0.15, 0.2) is 0 Å². The molecule has 0 aromatic rings. The predicted octanol–water partition coefficient (Wildman–Crippen LogP) is 1.52. The predicted molar refractivity (Wildman–Crippen MR) is 60.0 cm³/mol. The average molecular weight is 213 g/mol. The third-order valence-corrected chi connectivity index (χ3v) is 3.83. The Hall–Kier alpha value is -0.120. The minimum atomic E-state index is 0.499. The van der Waals surface area contributed by atoms with Crippen LogP contribution in [0.3, 0.4) is 0 Å². The summed E-state index contributed by atoms with van der Waals surface area (Å²) in [6, 6.07) is 0. The van der Waals surface area contributed by atoms with Crippen LogP contribution in [0.5, 0.6) is 0 Å². The molecule has 2 fully saturated rings. The van der Waals surface area contributed by atoms with Crippen molar-refractivity contribution < 1.29 is 9.47 Å². The molecule has 0 aromatic heterocycles. The van der Waals surface area contributed by atoms with Crippen molar-refractivity contribution in [3.8, 4) is 0 Å². The largest absolute Gasteiger partial charge is 0.384 e. The van der Waals surface area contributed by atoms with Gasteiger partial charge in [-0.05, 0) is 25.7 Å². The van der Waals surface area contributed by atoms with Crippen LogP contribution in [0.1, 0.15) is 25.7 Å². The highest BCUT2D eigenvalue weighted by Crippen LogP contribution is 2.46. The molecule has 3 heteroatoms. The molecule has 0 unspecified atom stereocenters. The van der Waals surface area contributed by atoms with Crippen molar-refractivity contribution in [3.05, 3.63) is 0 Å². The van der Waals surface area contributed by atoms with Gasteiger partial charge in [-0.15, -0.1) is 0 Å². The Balaban J connectivity index is 1.72. The van der Waals surface area contributed by atoms with Crippen molar-refractivity contribution in [2.75, 3.05) is 40.5 Å². The van der Waals surface area contributed by atoms with Crippen molar-refractivity contribution in [1.29, 1.82) is 0 Å². The molecule has 0 spiro atoms. The lowest BCUT2D eigenvalue weighted by atomic mass is 10.0. The van der Waals surface area contributed by atoms with Crippen molar-refractivity contribution in [3.63, 3.8) is 0 Å². The first kappa shape index (κ1) is 11.4. The lowest BCUT2D eigenvalue weighted by molar-refractivity contribution is 0.0274. The van der Waals surface area contributed by atoms with Gasteiger partial charge in [-0.1, -0.05) is 0 Å². The number of nitrogens with zero attached hydrogens (tertiary/aromatic N) is 1. The van der Waals surface area contributed by atoms with Gasteiger partial charge in [0.2, 0.25) is 0 Å². The maximum Gasteiger partial charge on any atom is 0.0595 e. The summed E-state index contributed by atoms with van der Waals surface area (Å²) < 4.78 is 10.7. The molecule has 0 aromatic carbocycles. The summed E-state index contributed by atoms with van der Waals surface area (Å²) >= 11 is 0. The quantitative estimate of drug-likeness (QED) is 0.691. The molecule has 88 valence electrons. The fraction of sp³-hybridized carbons (Fsp3) is 1.00. The number of hydrogen-bond donors (Lipinski definition) is 0. The summed E-state index contributed by atoms with van der Waals surface area (Å²) in [5.74, 6) is 0. The van der Waals surface area contributed by atoms with Gasteiger partial charge >= 0.3 is 0 Å². The molecule has 15 heavy (non-hydrogen) atoms. The molecule has 0 radical (unpaired) electrons. The zero-order valence-corrected chi connectivity index (χ0v) is 10.00. The van der Waals surface area contributed by atoms with Crippen LogP contribution in [-0.4, -0.2) is 51.5 Å². The van der Waals surface area contributed by atoms with Crippen LogP contribution in [0.4, 0.5) is 0 Å². The Morgan fingerprint density at radius 3 is 2.33 bits per heavy atom. The minimum Gasteiger partial charge on any atom is -0.384 e. The first-order chi connectivity index (χ1) is 7.28. The zero-order valence-electron chi connectivity index (χ0n) is 10.00. The lowest BCUT2D eigenvalue weighted by Crippen LogP contribution is -2.40. The van der Waals surface area contributed by atoms with E-state index in [4.69, 9.17) is 9.47 Å². The third kappa shape index (κ3) is 2.92. The summed E-state index contributed by atoms with van der Waals surface area (Å²) in [5.41, 5.74) is 0.509. The van der Waals surface area contributed by atoms with E-state index >= 15 is 0 Å². The van der Waals surface area contributed by atoms with E-state index in [0.29, 0.717) is 11.5 Å². The van der Waals surface area contributed by atoms with Gasteiger partial charge in [-0.25, -0.2) is 0 Å². The highest BCUT2D eigenvalue weighted by Gasteiger charge is 2.44. The summed E-state index contributed by atoms with van der Waals surface area (Å²) in [5, 5.41) is 0. The normalized spacial score (nSPS) is 26.8. The number of ether oxygens (including phenoxy) is 2. The van der Waals surface area contributed by atoms with Crippen LogP contribution in [0, 0.1) is 5.41 Å². The monoisotopic (exact) mass is 213 g/mol. The molecule has 0 bridgehead atoms. The van der Waals surface area contributed by atoms with Crippen LogP contribution in [-0.2, 0) is 9.47 Å². The SMILES string of the molecule is COCC1(CN2CCC(OC)CC2)CC1. The van der Waals surface area contributed by atoms with Gasteiger partial charge in [-0.2, -0.15) is 0 Å². The van der Waals surface area contributed by atoms with E-state index in [2.05, 4.69) is 4.90 Å². The molecule has 3 nitrogen and oxygen atoms in total. The summed E-state index contributed by atoms with van der Waals surface area (Å²) in [4.78, 5) is 2.58. The van der Waals surface area contributed by atoms with Crippen molar-refractivity contribution in [2.24, 2.45) is 5.41 Å². The van der Waals surface area contributed by atoms with Gasteiger partial charge in [0.1, 0.15) is 0 Å². The molecule has 1 aliphatic heterocycles. The molecule has 1 saturated heterocycles. The Labute approximate surface area is 92.7 Å². The number of hydrogen-bond acceptors (Lipinski definition) is 3. The van der Waals surface area contributed by atoms with E-state index in [-0.39, 0.29) is 0 Å². The molecule has 0 N–H and O–H groups in total. The molecule has 2 aliphatic rings. The fourth-order valence-corrected chi connectivity index (χ4v) is 2.61. The Morgan fingerprint density at radius 1 is 1.20 bits per heavy atom. The highest BCUT2D eigenvalue weighted by atomic mass is 16.5. The molecule has 2 rings (SSSR count). The molecular weight excluding hydrogens is 190 g/mol. The topological polar surface area (TPSA) is 21.7 Å². The Kier molecular flexibility index (Phi) is 3.65. The van der Waals surface area contributed by atoms with Crippen molar-refractivity contribution >= 4 is 0 Å². The fourth-order valence-electron chi connectivity index (χ4n) is 2.61. The second kappa shape index (κ2) is 4.81. The van der Waals surface area contributed by atoms with Crippen LogP contribution in [0.25, 0.3) is 0 Å². The van der Waals surface area contributed by atoms with Gasteiger partial charge < -0.3 is 14.4 Å². The van der Waals surface area contributed by atoms with E-state index in [1.54, 1.807) is 0 Å². The first-order valence-corrected chi connectivity index (χ1v) is 6.02. The summed E-state index contributed by atoms with van der Waals surface area (Å²) in [6.45, 7) is 4.57. The van der Waals surface area contributed by atoms with Gasteiger partial charge in [0.15, 0.2) is 0 Å². The summed E-state index contributed by atoms with van der Waals surface area (Å²) in [6.07, 6.45) is 5.59. The number of methoxy groups -OCH3 is 2. The van der Waals surface area contributed by atoms with E-state index in [1.165, 1.54) is 45.3 Å². The first-order valence-electron chi connectivity index (χ1n) is 6.02. The second-order valence-corrected chi connectivity index (χ2v) is 5.14. The Bertz CT molecular complexity index is 196. The number of rotatable bonds is 5.